The fourth-order valence-electron chi connectivity index (χ4n) is 7.75. The second-order valence-corrected chi connectivity index (χ2v) is 15.9. The van der Waals surface area contributed by atoms with Crippen LogP contribution in [0.15, 0.2) is 70.7 Å². The summed E-state index contributed by atoms with van der Waals surface area (Å²) >= 11 is 0. The first kappa shape index (κ1) is 46.5. The molecule has 0 saturated carbocycles. The van der Waals surface area contributed by atoms with Crippen molar-refractivity contribution in [1.82, 2.24) is 5.32 Å². The summed E-state index contributed by atoms with van der Waals surface area (Å²) in [7, 11) is 1.47. The largest absolute Gasteiger partial charge is 0.510 e. The van der Waals surface area contributed by atoms with Gasteiger partial charge in [-0.25, -0.2) is 9.59 Å². The van der Waals surface area contributed by atoms with Crippen LogP contribution < -0.4 is 5.32 Å². The Morgan fingerprint density at radius 2 is 1.79 bits per heavy atom. The monoisotopic (exact) mass is 785 g/mol. The van der Waals surface area contributed by atoms with E-state index in [-0.39, 0.29) is 48.5 Å². The van der Waals surface area contributed by atoms with Crippen LogP contribution in [0.5, 0.6) is 0 Å². The van der Waals surface area contributed by atoms with Gasteiger partial charge in [-0.1, -0.05) is 77.0 Å². The average Bonchev–Trinajstić information content (AvgIpc) is 3.46. The van der Waals surface area contributed by atoms with Crippen LogP contribution in [0.1, 0.15) is 94.4 Å². The maximum absolute atomic E-state index is 13.6. The molecule has 5 N–H and O–H groups in total. The highest BCUT2D eigenvalue weighted by Crippen LogP contribution is 2.41. The number of allylic oxidation sites excluding steroid dienone is 7. The molecular formula is C43H63NO12. The number of nitrogens with one attached hydrogen (secondary N) is 1. The van der Waals surface area contributed by atoms with Crippen molar-refractivity contribution in [3.63, 3.8) is 0 Å². The number of carbonyl (C=O) groups excluding carboxylic acids is 4. The molecule has 3 aliphatic rings. The predicted octanol–water partition coefficient (Wildman–Crippen LogP) is 5.22. The Bertz CT molecular complexity index is 1620. The molecule has 2 aliphatic heterocycles. The summed E-state index contributed by atoms with van der Waals surface area (Å²) in [6, 6.07) is 0. The lowest BCUT2D eigenvalue weighted by molar-refractivity contribution is -0.323. The molecule has 0 aromatic carbocycles. The zero-order chi connectivity index (χ0) is 42.1. The van der Waals surface area contributed by atoms with E-state index in [1.54, 1.807) is 39.0 Å². The minimum atomic E-state index is -1.99. The van der Waals surface area contributed by atoms with Gasteiger partial charge in [0.15, 0.2) is 11.6 Å². The summed E-state index contributed by atoms with van der Waals surface area (Å²) < 4.78 is 23.9. The van der Waals surface area contributed by atoms with Gasteiger partial charge in [0.2, 0.25) is 5.91 Å². The van der Waals surface area contributed by atoms with Gasteiger partial charge in [0.25, 0.3) is 0 Å². The Labute approximate surface area is 331 Å². The number of ether oxygens (including phenoxy) is 4. The van der Waals surface area contributed by atoms with Crippen LogP contribution in [0.4, 0.5) is 0 Å². The van der Waals surface area contributed by atoms with Crippen LogP contribution in [0.2, 0.25) is 0 Å². The SMILES string of the molecule is CC[C@@H]1O[C@](O)(C(C)C(O)C(C)C2OC(=O)/C(C)=C/C(C)=C\C(C)C(O)C(C)C/C(C)=C/C=C/C2OC)C[C@H](OC(=O)/C=C/C(=O)NC2=C(O)CCC2=O)[C@@H]1C. The Morgan fingerprint density at radius 1 is 1.11 bits per heavy atom. The number of hydrogen-bond acceptors (Lipinski definition) is 12. The second kappa shape index (κ2) is 20.5. The molecule has 0 aromatic rings. The molecule has 12 atom stereocenters. The van der Waals surface area contributed by atoms with Gasteiger partial charge in [0.1, 0.15) is 29.8 Å². The highest BCUT2D eigenvalue weighted by molar-refractivity contribution is 6.04. The van der Waals surface area contributed by atoms with Gasteiger partial charge in [-0.05, 0) is 45.6 Å². The number of amides is 1. The minimum Gasteiger partial charge on any atom is -0.510 e. The lowest BCUT2D eigenvalue weighted by Crippen LogP contribution is -2.58. The molecule has 0 spiro atoms. The van der Waals surface area contributed by atoms with Gasteiger partial charge in [0.05, 0.1) is 18.3 Å². The van der Waals surface area contributed by atoms with E-state index in [9.17, 15) is 39.6 Å². The molecule has 56 heavy (non-hydrogen) atoms. The normalized spacial score (nSPS) is 36.3. The number of hydrogen-bond donors (Lipinski definition) is 5. The molecule has 3 rings (SSSR count). The number of methoxy groups -OCH3 is 1. The van der Waals surface area contributed by atoms with Crippen LogP contribution in [0.3, 0.4) is 0 Å². The average molecular weight is 786 g/mol. The smallest absolute Gasteiger partial charge is 0.334 e. The van der Waals surface area contributed by atoms with Crippen molar-refractivity contribution in [2.75, 3.05) is 7.11 Å². The Kier molecular flexibility index (Phi) is 17.0. The van der Waals surface area contributed by atoms with Crippen molar-refractivity contribution >= 4 is 23.6 Å². The molecule has 312 valence electrons. The van der Waals surface area contributed by atoms with Crippen LogP contribution >= 0.6 is 0 Å². The van der Waals surface area contributed by atoms with Crippen LogP contribution in [0, 0.1) is 29.6 Å². The van der Waals surface area contributed by atoms with Crippen LogP contribution in [-0.4, -0.2) is 93.6 Å². The predicted molar refractivity (Wildman–Crippen MR) is 209 cm³/mol. The molecule has 1 saturated heterocycles. The lowest BCUT2D eigenvalue weighted by atomic mass is 9.77. The van der Waals surface area contributed by atoms with Crippen molar-refractivity contribution in [2.45, 2.75) is 137 Å². The fraction of sp³-hybridized carbons (Fsp3) is 0.628. The molecule has 1 fully saturated rings. The van der Waals surface area contributed by atoms with Crippen LogP contribution in [0.25, 0.3) is 0 Å². The van der Waals surface area contributed by atoms with Gasteiger partial charge >= 0.3 is 11.9 Å². The number of esters is 2. The highest BCUT2D eigenvalue weighted by Gasteiger charge is 2.52. The van der Waals surface area contributed by atoms with E-state index >= 15 is 0 Å². The lowest BCUT2D eigenvalue weighted by Gasteiger charge is -2.49. The summed E-state index contributed by atoms with van der Waals surface area (Å²) in [5.41, 5.74) is 1.92. The molecule has 8 unspecified atom stereocenters. The summed E-state index contributed by atoms with van der Waals surface area (Å²) in [4.78, 5) is 50.8. The summed E-state index contributed by atoms with van der Waals surface area (Å²) in [6.07, 6.45) is 6.74. The maximum Gasteiger partial charge on any atom is 0.334 e. The first-order valence-corrected chi connectivity index (χ1v) is 19.6. The van der Waals surface area contributed by atoms with E-state index in [0.29, 0.717) is 18.4 Å². The second-order valence-electron chi connectivity index (χ2n) is 15.9. The highest BCUT2D eigenvalue weighted by atomic mass is 16.6. The van der Waals surface area contributed by atoms with E-state index in [1.807, 2.05) is 53.7 Å². The van der Waals surface area contributed by atoms with E-state index in [0.717, 1.165) is 23.3 Å². The third-order valence-corrected chi connectivity index (χ3v) is 11.3. The van der Waals surface area contributed by atoms with E-state index < -0.39 is 77.9 Å². The minimum absolute atomic E-state index is 0.0259. The molecule has 13 heteroatoms. The first-order valence-electron chi connectivity index (χ1n) is 19.6. The number of Topliss-reactive ketones (excluding diaryl/α,β-unsaturated/α-hetero) is 1. The van der Waals surface area contributed by atoms with Gasteiger partial charge < -0.3 is 44.7 Å². The van der Waals surface area contributed by atoms with E-state index in [4.69, 9.17) is 18.9 Å². The molecule has 0 aromatic heterocycles. The number of aliphatic hydroxyl groups is 4. The van der Waals surface area contributed by atoms with Gasteiger partial charge in [0, 0.05) is 67.8 Å². The maximum atomic E-state index is 13.6. The number of carbonyl (C=O) groups is 4. The standard InChI is InChI=1S/C43H63NO12/c1-11-33-28(7)35(54-37(48)18-17-36(47)44-38-31(45)15-16-32(38)46)22-43(52,56-33)30(9)40(50)29(8)41-34(53-10)14-12-13-23(2)19-25(4)39(49)26(5)20-24(3)21-27(6)42(51)55-41/h12-14,17-18,20-21,25-26,28-30,33-35,39-41,45,49-50,52H,11,15-16,19,22H2,1-10H3,(H,44,47)/b14-12+,18-17+,23-13+,24-20-,27-21+/t25?,26?,28-,29?,30?,33+,34?,35+,39?,40?,41?,43+/m1/s1. The van der Waals surface area contributed by atoms with Gasteiger partial charge in [-0.2, -0.15) is 0 Å². The molecular weight excluding hydrogens is 722 g/mol. The zero-order valence-electron chi connectivity index (χ0n) is 34.5. The van der Waals surface area contributed by atoms with E-state index in [2.05, 4.69) is 5.32 Å². The number of rotatable bonds is 10. The molecule has 2 heterocycles. The number of aliphatic hydroxyl groups excluding tert-OH is 3. The van der Waals surface area contributed by atoms with Crippen molar-refractivity contribution in [1.29, 1.82) is 0 Å². The Hall–Kier alpha value is -3.88. The molecule has 0 radical (unpaired) electrons. The fourth-order valence-corrected chi connectivity index (χ4v) is 7.75. The topological polar surface area (TPSA) is 198 Å². The number of ketones is 1. The molecule has 0 bridgehead atoms. The zero-order valence-corrected chi connectivity index (χ0v) is 34.5. The summed E-state index contributed by atoms with van der Waals surface area (Å²) in [6.45, 7) is 16.4. The van der Waals surface area contributed by atoms with Crippen molar-refractivity contribution in [2.24, 2.45) is 29.6 Å². The van der Waals surface area contributed by atoms with Crippen molar-refractivity contribution < 1.29 is 58.6 Å². The third-order valence-electron chi connectivity index (χ3n) is 11.3. The van der Waals surface area contributed by atoms with Gasteiger partial charge in [-0.15, -0.1) is 0 Å². The molecule has 1 aliphatic carbocycles. The Balaban J connectivity index is 1.87. The molecule has 1 amide bonds. The first-order chi connectivity index (χ1) is 26.2. The summed E-state index contributed by atoms with van der Waals surface area (Å²) in [5.74, 6) is -7.30. The van der Waals surface area contributed by atoms with E-state index in [1.165, 1.54) is 7.11 Å². The molecule has 13 nitrogen and oxygen atoms in total. The van der Waals surface area contributed by atoms with Crippen molar-refractivity contribution in [3.8, 4) is 0 Å². The van der Waals surface area contributed by atoms with Crippen LogP contribution in [-0.2, 0) is 38.1 Å². The third kappa shape index (κ3) is 12.1. The van der Waals surface area contributed by atoms with Crippen molar-refractivity contribution in [3.05, 3.63) is 70.7 Å². The quantitative estimate of drug-likeness (QED) is 0.143. The number of cyclic esters (lactones) is 1. The summed E-state index contributed by atoms with van der Waals surface area (Å²) in [5, 5.41) is 47.1. The van der Waals surface area contributed by atoms with Gasteiger partial charge in [-0.3, -0.25) is 9.59 Å². The Morgan fingerprint density at radius 3 is 2.39 bits per heavy atom.